The molecule has 0 aliphatic carbocycles. The van der Waals surface area contributed by atoms with E-state index in [4.69, 9.17) is 0 Å². The molecular formula is C8H7N3O3S2. The van der Waals surface area contributed by atoms with Crippen molar-refractivity contribution in [3.8, 4) is 10.6 Å². The van der Waals surface area contributed by atoms with Gasteiger partial charge in [-0.1, -0.05) is 0 Å². The Labute approximate surface area is 96.1 Å². The summed E-state index contributed by atoms with van der Waals surface area (Å²) in [6.45, 7) is 0. The quantitative estimate of drug-likeness (QED) is 0.570. The predicted molar refractivity (Wildman–Crippen MR) is 55.2 cm³/mol. The minimum atomic E-state index is -4.26. The summed E-state index contributed by atoms with van der Waals surface area (Å²) in [5, 5.41) is 0.747. The summed E-state index contributed by atoms with van der Waals surface area (Å²) < 4.78 is 36.7. The fourth-order valence-electron chi connectivity index (χ4n) is 1.17. The minimum Gasteiger partial charge on any atom is -0.743 e. The number of pyridine rings is 1. The van der Waals surface area contributed by atoms with Crippen molar-refractivity contribution in [2.75, 3.05) is 0 Å². The Balaban J connectivity index is 2.24. The average molecular weight is 257 g/mol. The highest BCUT2D eigenvalue weighted by atomic mass is 32.2. The maximum Gasteiger partial charge on any atom is 0.236 e. The van der Waals surface area contributed by atoms with Crippen molar-refractivity contribution in [2.24, 2.45) is 0 Å². The zero-order valence-electron chi connectivity index (χ0n) is 7.98. The third-order valence-electron chi connectivity index (χ3n) is 1.81. The molecule has 0 spiro atoms. The molecule has 0 atom stereocenters. The highest BCUT2D eigenvalue weighted by Gasteiger charge is 2.07. The first-order valence-corrected chi connectivity index (χ1v) is 6.59. The lowest BCUT2D eigenvalue weighted by molar-refractivity contribution is -0.678. The van der Waals surface area contributed by atoms with Crippen LogP contribution in [0.1, 0.15) is 0 Å². The molecule has 0 bridgehead atoms. The van der Waals surface area contributed by atoms with Crippen molar-refractivity contribution in [3.05, 3.63) is 30.9 Å². The standard InChI is InChI=1S/C8H7N3O3S2/c12-16(13,14)6-11-3-1-7(2-4-11)8-9-5-10-15-8/h1-5H,6H2. The smallest absolute Gasteiger partial charge is 0.236 e. The van der Waals surface area contributed by atoms with Crippen molar-refractivity contribution >= 4 is 21.7 Å². The van der Waals surface area contributed by atoms with Gasteiger partial charge in [-0.3, -0.25) is 0 Å². The van der Waals surface area contributed by atoms with Gasteiger partial charge in [-0.15, -0.1) is 0 Å². The number of hydrogen-bond donors (Lipinski definition) is 0. The molecule has 0 radical (unpaired) electrons. The molecule has 0 aliphatic rings. The van der Waals surface area contributed by atoms with Crippen LogP contribution in [-0.2, 0) is 16.0 Å². The lowest BCUT2D eigenvalue weighted by atomic mass is 10.3. The van der Waals surface area contributed by atoms with Crippen LogP contribution in [0.3, 0.4) is 0 Å². The van der Waals surface area contributed by atoms with E-state index >= 15 is 0 Å². The Bertz CT molecular complexity index is 563. The minimum absolute atomic E-state index is 0.566. The largest absolute Gasteiger partial charge is 0.743 e. The molecule has 2 aromatic heterocycles. The third-order valence-corrected chi connectivity index (χ3v) is 3.13. The van der Waals surface area contributed by atoms with E-state index in [-0.39, 0.29) is 0 Å². The van der Waals surface area contributed by atoms with Crippen LogP contribution in [0.25, 0.3) is 10.6 Å². The van der Waals surface area contributed by atoms with Gasteiger partial charge in [-0.2, -0.15) is 8.94 Å². The molecule has 0 aromatic carbocycles. The Morgan fingerprint density at radius 1 is 1.38 bits per heavy atom. The van der Waals surface area contributed by atoms with Crippen LogP contribution >= 0.6 is 11.5 Å². The number of rotatable bonds is 3. The topological polar surface area (TPSA) is 86.9 Å². The Morgan fingerprint density at radius 2 is 2.06 bits per heavy atom. The fraction of sp³-hybridized carbons (Fsp3) is 0.125. The fourth-order valence-corrected chi connectivity index (χ4v) is 2.24. The van der Waals surface area contributed by atoms with Crippen LogP contribution < -0.4 is 4.57 Å². The molecule has 0 saturated heterocycles. The molecule has 2 rings (SSSR count). The van der Waals surface area contributed by atoms with E-state index < -0.39 is 16.0 Å². The summed E-state index contributed by atoms with van der Waals surface area (Å²) >= 11 is 1.24. The summed E-state index contributed by atoms with van der Waals surface area (Å²) in [7, 11) is -4.26. The van der Waals surface area contributed by atoms with Crippen LogP contribution in [0.4, 0.5) is 0 Å². The third kappa shape index (κ3) is 2.81. The summed E-state index contributed by atoms with van der Waals surface area (Å²) in [6.07, 6.45) is 4.49. The maximum absolute atomic E-state index is 10.5. The summed E-state index contributed by atoms with van der Waals surface area (Å²) in [6, 6.07) is 3.37. The molecule has 2 heterocycles. The molecule has 0 saturated carbocycles. The van der Waals surface area contributed by atoms with Crippen molar-refractivity contribution in [3.63, 3.8) is 0 Å². The number of hydrogen-bond acceptors (Lipinski definition) is 6. The monoisotopic (exact) mass is 257 g/mol. The molecule has 16 heavy (non-hydrogen) atoms. The first-order chi connectivity index (χ1) is 7.54. The van der Waals surface area contributed by atoms with Crippen molar-refractivity contribution in [1.82, 2.24) is 9.36 Å². The average Bonchev–Trinajstić information content (AvgIpc) is 2.69. The van der Waals surface area contributed by atoms with Crippen molar-refractivity contribution in [1.29, 1.82) is 0 Å². The lowest BCUT2D eigenvalue weighted by Gasteiger charge is -2.02. The SMILES string of the molecule is O=S(=O)([O-])C[n+]1ccc(-c2ncns2)cc1. The van der Waals surface area contributed by atoms with Gasteiger partial charge in [0, 0.05) is 17.7 Å². The second-order valence-corrected chi connectivity index (χ2v) is 5.19. The molecular weight excluding hydrogens is 250 g/mol. The zero-order chi connectivity index (χ0) is 11.6. The van der Waals surface area contributed by atoms with Gasteiger partial charge in [0.15, 0.2) is 22.5 Å². The molecule has 2 aromatic rings. The van der Waals surface area contributed by atoms with Crippen LogP contribution in [-0.4, -0.2) is 22.3 Å². The molecule has 84 valence electrons. The number of nitrogens with zero attached hydrogens (tertiary/aromatic N) is 3. The van der Waals surface area contributed by atoms with E-state index in [1.807, 2.05) is 0 Å². The maximum atomic E-state index is 10.5. The van der Waals surface area contributed by atoms with Crippen molar-refractivity contribution < 1.29 is 17.5 Å². The van der Waals surface area contributed by atoms with E-state index in [1.54, 1.807) is 12.1 Å². The summed E-state index contributed by atoms with van der Waals surface area (Å²) in [5.74, 6) is -0.566. The zero-order valence-corrected chi connectivity index (χ0v) is 9.61. The Hall–Kier alpha value is -1.38. The molecule has 0 fully saturated rings. The highest BCUT2D eigenvalue weighted by Crippen LogP contribution is 2.17. The van der Waals surface area contributed by atoms with Gasteiger partial charge >= 0.3 is 0 Å². The predicted octanol–water partition coefficient (Wildman–Crippen LogP) is -0.00470. The normalized spacial score (nSPS) is 11.6. The van der Waals surface area contributed by atoms with Crippen LogP contribution in [0.5, 0.6) is 0 Å². The number of aromatic nitrogens is 3. The second-order valence-electron chi connectivity index (χ2n) is 3.03. The summed E-state index contributed by atoms with van der Waals surface area (Å²) in [4.78, 5) is 4.01. The van der Waals surface area contributed by atoms with E-state index in [0.717, 1.165) is 10.6 Å². The van der Waals surface area contributed by atoms with Gasteiger partial charge in [-0.05, 0) is 11.5 Å². The Kier molecular flexibility index (Phi) is 2.95. The van der Waals surface area contributed by atoms with Crippen LogP contribution in [0, 0.1) is 0 Å². The molecule has 0 unspecified atom stereocenters. The van der Waals surface area contributed by atoms with Gasteiger partial charge in [-0.25, -0.2) is 13.4 Å². The molecule has 6 nitrogen and oxygen atoms in total. The molecule has 0 N–H and O–H groups in total. The molecule has 0 amide bonds. The van der Waals surface area contributed by atoms with E-state index in [0.29, 0.717) is 0 Å². The van der Waals surface area contributed by atoms with Gasteiger partial charge in [0.1, 0.15) is 11.3 Å². The second kappa shape index (κ2) is 4.24. The van der Waals surface area contributed by atoms with E-state index in [1.165, 1.54) is 34.8 Å². The van der Waals surface area contributed by atoms with Gasteiger partial charge in [0.05, 0.1) is 0 Å². The first kappa shape index (κ1) is 11.1. The van der Waals surface area contributed by atoms with Crippen LogP contribution in [0.2, 0.25) is 0 Å². The van der Waals surface area contributed by atoms with Gasteiger partial charge in [0.2, 0.25) is 5.88 Å². The molecule has 8 heteroatoms. The summed E-state index contributed by atoms with van der Waals surface area (Å²) in [5.41, 5.74) is 0.835. The van der Waals surface area contributed by atoms with E-state index in [9.17, 15) is 13.0 Å². The lowest BCUT2D eigenvalue weighted by Crippen LogP contribution is -2.36. The van der Waals surface area contributed by atoms with Crippen molar-refractivity contribution in [2.45, 2.75) is 5.88 Å². The Morgan fingerprint density at radius 3 is 2.56 bits per heavy atom. The van der Waals surface area contributed by atoms with Gasteiger partial charge in [0.25, 0.3) is 0 Å². The van der Waals surface area contributed by atoms with Gasteiger partial charge < -0.3 is 4.55 Å². The van der Waals surface area contributed by atoms with Crippen LogP contribution in [0.15, 0.2) is 30.9 Å². The highest BCUT2D eigenvalue weighted by molar-refractivity contribution is 7.84. The first-order valence-electron chi connectivity index (χ1n) is 4.24. The molecule has 0 aliphatic heterocycles. The van der Waals surface area contributed by atoms with E-state index in [2.05, 4.69) is 9.36 Å².